The van der Waals surface area contributed by atoms with Gasteiger partial charge in [-0.15, -0.1) is 0 Å². The van der Waals surface area contributed by atoms with E-state index in [4.69, 9.17) is 9.47 Å². The summed E-state index contributed by atoms with van der Waals surface area (Å²) in [5.41, 5.74) is 2.52. The molecule has 1 aliphatic heterocycles. The molecular weight excluding hydrogens is 324 g/mol. The number of carbonyl (C=O) groups is 1. The van der Waals surface area contributed by atoms with Crippen LogP contribution in [0.5, 0.6) is 0 Å². The fourth-order valence-electron chi connectivity index (χ4n) is 3.99. The van der Waals surface area contributed by atoms with Crippen molar-refractivity contribution in [1.29, 1.82) is 0 Å². The largest absolute Gasteiger partial charge is 0.344 e. The second kappa shape index (κ2) is 7.98. The highest BCUT2D eigenvalue weighted by molar-refractivity contribution is 5.90. The highest BCUT2D eigenvalue weighted by atomic mass is 16.8. The molecule has 3 nitrogen and oxygen atoms in total. The van der Waals surface area contributed by atoms with E-state index >= 15 is 0 Å². The van der Waals surface area contributed by atoms with Gasteiger partial charge in [0.25, 0.3) is 0 Å². The van der Waals surface area contributed by atoms with E-state index < -0.39 is 5.79 Å². The average molecular weight is 363 g/mol. The third-order valence-electron chi connectivity index (χ3n) is 6.02. The van der Waals surface area contributed by atoms with Crippen molar-refractivity contribution in [2.75, 3.05) is 0 Å². The Labute approximate surface area is 160 Å². The monoisotopic (exact) mass is 362 g/mol. The first-order valence-electron chi connectivity index (χ1n) is 10.2. The molecule has 1 heterocycles. The third-order valence-corrected chi connectivity index (χ3v) is 6.02. The van der Waals surface area contributed by atoms with E-state index in [1.807, 2.05) is 13.8 Å². The maximum atomic E-state index is 11.7. The Morgan fingerprint density at radius 2 is 1.73 bits per heavy atom. The minimum Gasteiger partial charge on any atom is -0.344 e. The number of hydrogen-bond donors (Lipinski definition) is 0. The van der Waals surface area contributed by atoms with Crippen LogP contribution >= 0.6 is 0 Å². The Balaban J connectivity index is 1.72. The number of ether oxygens (including phenoxy) is 2. The molecule has 0 radical (unpaired) electrons. The van der Waals surface area contributed by atoms with Crippen molar-refractivity contribution in [2.24, 2.45) is 5.41 Å². The molecule has 2 atom stereocenters. The van der Waals surface area contributed by atoms with Gasteiger partial charge in [-0.25, -0.2) is 0 Å². The number of hydrogen-bond acceptors (Lipinski definition) is 3. The molecule has 2 aliphatic rings. The minimum absolute atomic E-state index is 0.0725. The lowest BCUT2D eigenvalue weighted by Crippen LogP contribution is -2.37. The Morgan fingerprint density at radius 3 is 2.23 bits per heavy atom. The van der Waals surface area contributed by atoms with Gasteiger partial charge >= 0.3 is 0 Å². The zero-order chi connectivity index (χ0) is 19.6. The van der Waals surface area contributed by atoms with Crippen LogP contribution in [0.15, 0.2) is 23.3 Å². The van der Waals surface area contributed by atoms with E-state index in [-0.39, 0.29) is 17.1 Å². The number of rotatable bonds is 8. The normalized spacial score (nSPS) is 31.2. The molecule has 26 heavy (non-hydrogen) atoms. The Morgan fingerprint density at radius 1 is 1.08 bits per heavy atom. The van der Waals surface area contributed by atoms with Gasteiger partial charge < -0.3 is 9.47 Å². The summed E-state index contributed by atoms with van der Waals surface area (Å²) in [6.45, 7) is 14.7. The first kappa shape index (κ1) is 21.4. The highest BCUT2D eigenvalue weighted by Crippen LogP contribution is 2.40. The predicted molar refractivity (Wildman–Crippen MR) is 107 cm³/mol. The summed E-state index contributed by atoms with van der Waals surface area (Å²) >= 11 is 0. The van der Waals surface area contributed by atoms with Gasteiger partial charge in [-0.05, 0) is 80.1 Å². The van der Waals surface area contributed by atoms with Gasteiger partial charge in [-0.1, -0.05) is 30.2 Å². The number of ketones is 1. The standard InChI is InChI=1S/C23H38O3/c1-17(11-12-20-21(3,4)26-22(5,6)25-20)9-8-10-18(2)13-15-23(7)16-14-19(23)24/h9,13,20H,8,10-12,14-16H2,1-7H3/b17-9+,18-13+/t20?,23-/m1/s1. The van der Waals surface area contributed by atoms with Crippen LogP contribution in [-0.4, -0.2) is 23.3 Å². The summed E-state index contributed by atoms with van der Waals surface area (Å²) in [5.74, 6) is -0.0481. The molecule has 1 saturated heterocycles. The summed E-state index contributed by atoms with van der Waals surface area (Å²) in [7, 11) is 0. The van der Waals surface area contributed by atoms with Crippen molar-refractivity contribution in [3.63, 3.8) is 0 Å². The van der Waals surface area contributed by atoms with E-state index in [1.54, 1.807) is 0 Å². The van der Waals surface area contributed by atoms with Crippen LogP contribution in [0.2, 0.25) is 0 Å². The number of carbonyl (C=O) groups excluding carboxylic acids is 1. The van der Waals surface area contributed by atoms with Crippen molar-refractivity contribution in [1.82, 2.24) is 0 Å². The first-order chi connectivity index (χ1) is 11.9. The Hall–Kier alpha value is -0.930. The van der Waals surface area contributed by atoms with Crippen LogP contribution in [0.3, 0.4) is 0 Å². The summed E-state index contributed by atoms with van der Waals surface area (Å²) in [4.78, 5) is 11.7. The predicted octanol–water partition coefficient (Wildman–Crippen LogP) is 6.13. The SMILES string of the molecule is C/C(=C\C[C@]1(C)CCC1=O)CC/C=C(\C)CCC1OC(C)(C)OC1(C)C. The average Bonchev–Trinajstić information content (AvgIpc) is 2.75. The van der Waals surface area contributed by atoms with Gasteiger partial charge in [0.05, 0.1) is 11.7 Å². The lowest BCUT2D eigenvalue weighted by Gasteiger charge is -2.35. The molecule has 0 spiro atoms. The van der Waals surface area contributed by atoms with Crippen molar-refractivity contribution >= 4 is 5.78 Å². The fraction of sp³-hybridized carbons (Fsp3) is 0.783. The molecule has 0 aromatic heterocycles. The topological polar surface area (TPSA) is 35.5 Å². The summed E-state index contributed by atoms with van der Waals surface area (Å²) in [6.07, 6.45) is 11.7. The van der Waals surface area contributed by atoms with Crippen LogP contribution in [0.1, 0.15) is 93.4 Å². The molecule has 1 saturated carbocycles. The second-order valence-electron chi connectivity index (χ2n) is 9.58. The number of Topliss-reactive ketones (excluding diaryl/α,β-unsaturated/α-hetero) is 1. The molecule has 1 unspecified atom stereocenters. The molecule has 2 rings (SSSR count). The van der Waals surface area contributed by atoms with Crippen LogP contribution in [0, 0.1) is 5.41 Å². The van der Waals surface area contributed by atoms with Crippen LogP contribution < -0.4 is 0 Å². The van der Waals surface area contributed by atoms with Gasteiger partial charge in [-0.3, -0.25) is 4.79 Å². The van der Waals surface area contributed by atoms with Crippen molar-refractivity contribution in [2.45, 2.75) is 111 Å². The molecule has 3 heteroatoms. The maximum Gasteiger partial charge on any atom is 0.164 e. The summed E-state index contributed by atoms with van der Waals surface area (Å²) in [5, 5.41) is 0. The zero-order valence-corrected chi connectivity index (χ0v) is 17.9. The van der Waals surface area contributed by atoms with E-state index in [1.165, 1.54) is 11.1 Å². The molecule has 2 fully saturated rings. The lowest BCUT2D eigenvalue weighted by molar-refractivity contribution is -0.157. The molecule has 0 aromatic rings. The molecule has 0 bridgehead atoms. The van der Waals surface area contributed by atoms with Crippen molar-refractivity contribution < 1.29 is 14.3 Å². The van der Waals surface area contributed by atoms with Crippen LogP contribution in [-0.2, 0) is 14.3 Å². The van der Waals surface area contributed by atoms with Gasteiger partial charge in [0.15, 0.2) is 5.79 Å². The molecule has 0 aromatic carbocycles. The van der Waals surface area contributed by atoms with Gasteiger partial charge in [-0.2, -0.15) is 0 Å². The van der Waals surface area contributed by atoms with Crippen molar-refractivity contribution in [3.05, 3.63) is 23.3 Å². The number of allylic oxidation sites excluding steroid dienone is 4. The molecular formula is C23H38O3. The summed E-state index contributed by atoms with van der Waals surface area (Å²) < 4.78 is 12.1. The van der Waals surface area contributed by atoms with E-state index in [0.717, 1.165) is 44.9 Å². The van der Waals surface area contributed by atoms with E-state index in [0.29, 0.717) is 5.78 Å². The zero-order valence-electron chi connectivity index (χ0n) is 17.9. The Kier molecular flexibility index (Phi) is 6.56. The van der Waals surface area contributed by atoms with Gasteiger partial charge in [0, 0.05) is 11.8 Å². The van der Waals surface area contributed by atoms with E-state index in [9.17, 15) is 4.79 Å². The molecule has 0 amide bonds. The molecule has 148 valence electrons. The third kappa shape index (κ3) is 5.53. The first-order valence-corrected chi connectivity index (χ1v) is 10.2. The highest BCUT2D eigenvalue weighted by Gasteiger charge is 2.46. The molecule has 0 N–H and O–H groups in total. The Bertz CT molecular complexity index is 582. The summed E-state index contributed by atoms with van der Waals surface area (Å²) in [6, 6.07) is 0. The van der Waals surface area contributed by atoms with Crippen LogP contribution in [0.4, 0.5) is 0 Å². The minimum atomic E-state index is -0.480. The quantitative estimate of drug-likeness (QED) is 0.487. The maximum absolute atomic E-state index is 11.7. The molecule has 1 aliphatic carbocycles. The van der Waals surface area contributed by atoms with Gasteiger partial charge in [0.1, 0.15) is 5.78 Å². The van der Waals surface area contributed by atoms with E-state index in [2.05, 4.69) is 46.8 Å². The second-order valence-corrected chi connectivity index (χ2v) is 9.58. The van der Waals surface area contributed by atoms with Crippen LogP contribution in [0.25, 0.3) is 0 Å². The van der Waals surface area contributed by atoms with Crippen molar-refractivity contribution in [3.8, 4) is 0 Å². The smallest absolute Gasteiger partial charge is 0.164 e. The fourth-order valence-corrected chi connectivity index (χ4v) is 3.99. The van der Waals surface area contributed by atoms with Gasteiger partial charge in [0.2, 0.25) is 0 Å². The lowest BCUT2D eigenvalue weighted by atomic mass is 9.67.